The summed E-state index contributed by atoms with van der Waals surface area (Å²) >= 11 is 6.00. The number of aromatic nitrogens is 3. The summed E-state index contributed by atoms with van der Waals surface area (Å²) in [5.74, 6) is 2.07. The van der Waals surface area contributed by atoms with Gasteiger partial charge in [0.25, 0.3) is 5.91 Å². The summed E-state index contributed by atoms with van der Waals surface area (Å²) in [5, 5.41) is 11.3. The van der Waals surface area contributed by atoms with Crippen LogP contribution in [0.15, 0.2) is 18.2 Å². The molecule has 1 amide bonds. The number of carbonyl (C=O) groups excluding carboxylic acids is 1. The zero-order valence-electron chi connectivity index (χ0n) is 14.4. The third-order valence-electron chi connectivity index (χ3n) is 4.71. The van der Waals surface area contributed by atoms with Gasteiger partial charge in [0.2, 0.25) is 5.95 Å². The number of halogens is 2. The highest BCUT2D eigenvalue weighted by atomic mass is 35.5. The predicted octanol–water partition coefficient (Wildman–Crippen LogP) is 2.30. The predicted molar refractivity (Wildman–Crippen MR) is 101 cm³/mol. The molecule has 0 spiro atoms. The van der Waals surface area contributed by atoms with Gasteiger partial charge in [0.05, 0.1) is 0 Å². The van der Waals surface area contributed by atoms with Gasteiger partial charge in [-0.3, -0.25) is 10.1 Å². The molecule has 9 heteroatoms. The van der Waals surface area contributed by atoms with Gasteiger partial charge in [-0.05, 0) is 49.7 Å². The normalized spacial score (nSPS) is 19.4. The molecule has 2 aliphatic heterocycles. The molecule has 1 atom stereocenters. The number of fused-ring (bicyclic) bond motifs is 1. The van der Waals surface area contributed by atoms with Crippen LogP contribution in [0.5, 0.6) is 5.75 Å². The Morgan fingerprint density at radius 2 is 2.15 bits per heavy atom. The second kappa shape index (κ2) is 7.82. The van der Waals surface area contributed by atoms with Crippen molar-refractivity contribution in [3.05, 3.63) is 34.6 Å². The summed E-state index contributed by atoms with van der Waals surface area (Å²) in [5.41, 5.74) is 0.945. The Morgan fingerprint density at radius 1 is 1.38 bits per heavy atom. The van der Waals surface area contributed by atoms with E-state index in [4.69, 9.17) is 16.3 Å². The van der Waals surface area contributed by atoms with Crippen molar-refractivity contribution in [3.8, 4) is 5.75 Å². The van der Waals surface area contributed by atoms with Crippen LogP contribution >= 0.6 is 24.0 Å². The van der Waals surface area contributed by atoms with E-state index in [9.17, 15) is 4.79 Å². The van der Waals surface area contributed by atoms with Gasteiger partial charge in [0, 0.05) is 24.4 Å². The van der Waals surface area contributed by atoms with Crippen molar-refractivity contribution in [1.82, 2.24) is 20.1 Å². The molecule has 0 radical (unpaired) electrons. The zero-order valence-corrected chi connectivity index (χ0v) is 15.9. The van der Waals surface area contributed by atoms with Gasteiger partial charge in [0.15, 0.2) is 11.9 Å². The summed E-state index contributed by atoms with van der Waals surface area (Å²) < 4.78 is 7.34. The van der Waals surface area contributed by atoms with E-state index in [-0.39, 0.29) is 18.3 Å². The van der Waals surface area contributed by atoms with Crippen molar-refractivity contribution in [3.63, 3.8) is 0 Å². The molecule has 0 saturated carbocycles. The number of anilines is 1. The number of nitrogens with zero attached hydrogens (tertiary/aromatic N) is 3. The molecule has 1 aromatic heterocycles. The summed E-state index contributed by atoms with van der Waals surface area (Å²) in [6, 6.07) is 5.39. The molecule has 0 aliphatic carbocycles. The number of amides is 1. The van der Waals surface area contributed by atoms with Crippen LogP contribution in [0.25, 0.3) is 0 Å². The first-order valence-corrected chi connectivity index (χ1v) is 8.85. The molecule has 26 heavy (non-hydrogen) atoms. The number of carbonyl (C=O) groups is 1. The van der Waals surface area contributed by atoms with E-state index in [0.29, 0.717) is 29.1 Å². The number of hydrogen-bond donors (Lipinski definition) is 2. The summed E-state index contributed by atoms with van der Waals surface area (Å²) in [6.45, 7) is 1.95. The first-order valence-electron chi connectivity index (χ1n) is 8.48. The molecule has 1 fully saturated rings. The van der Waals surface area contributed by atoms with Crippen LogP contribution in [0.1, 0.15) is 30.1 Å². The van der Waals surface area contributed by atoms with Crippen LogP contribution in [-0.2, 0) is 18.3 Å². The highest BCUT2D eigenvalue weighted by Crippen LogP contribution is 2.31. The Morgan fingerprint density at radius 3 is 2.92 bits per heavy atom. The lowest BCUT2D eigenvalue weighted by molar-refractivity contribution is -0.122. The fourth-order valence-electron chi connectivity index (χ4n) is 3.32. The van der Waals surface area contributed by atoms with Crippen LogP contribution in [0.3, 0.4) is 0 Å². The molecular formula is C17H21Cl2N5O2. The standard InChI is InChI=1S/C17H20ClN5O2.ClH/c1-23-17(20-15(22-23)10-4-6-19-7-5-10)21-16(24)14-9-11-8-12(18)2-3-13(11)25-14;/h2-3,8,10,14,19H,4-7,9H2,1H3,(H,20,21,22,24);1H. The van der Waals surface area contributed by atoms with Crippen LogP contribution < -0.4 is 15.4 Å². The average Bonchev–Trinajstić information content (AvgIpc) is 3.19. The van der Waals surface area contributed by atoms with Crippen LogP contribution in [0.2, 0.25) is 5.02 Å². The van der Waals surface area contributed by atoms with Crippen molar-refractivity contribution in [2.75, 3.05) is 18.4 Å². The number of aryl methyl sites for hydroxylation is 1. The Bertz CT molecular complexity index is 804. The maximum atomic E-state index is 12.5. The molecule has 0 bridgehead atoms. The Hall–Kier alpha value is -1.83. The molecule has 140 valence electrons. The Balaban J connectivity index is 0.00000196. The van der Waals surface area contributed by atoms with Gasteiger partial charge in [-0.15, -0.1) is 12.4 Å². The number of rotatable bonds is 3. The van der Waals surface area contributed by atoms with Crippen LogP contribution in [0, 0.1) is 0 Å². The number of hydrogen-bond acceptors (Lipinski definition) is 5. The monoisotopic (exact) mass is 397 g/mol. The zero-order chi connectivity index (χ0) is 17.4. The molecule has 4 rings (SSSR count). The minimum absolute atomic E-state index is 0. The number of piperidine rings is 1. The van der Waals surface area contributed by atoms with Crippen molar-refractivity contribution in [2.45, 2.75) is 31.3 Å². The number of nitrogens with one attached hydrogen (secondary N) is 2. The number of benzene rings is 1. The van der Waals surface area contributed by atoms with E-state index in [1.165, 1.54) is 0 Å². The van der Waals surface area contributed by atoms with E-state index in [1.54, 1.807) is 23.9 Å². The first-order chi connectivity index (χ1) is 12.1. The van der Waals surface area contributed by atoms with Crippen molar-refractivity contribution in [1.29, 1.82) is 0 Å². The second-order valence-corrected chi connectivity index (χ2v) is 6.93. The Kier molecular flexibility index (Phi) is 5.70. The fourth-order valence-corrected chi connectivity index (χ4v) is 3.51. The first kappa shape index (κ1) is 18.9. The highest BCUT2D eigenvalue weighted by molar-refractivity contribution is 6.30. The van der Waals surface area contributed by atoms with Gasteiger partial charge in [-0.2, -0.15) is 10.1 Å². The molecular weight excluding hydrogens is 377 g/mol. The average molecular weight is 398 g/mol. The quantitative estimate of drug-likeness (QED) is 0.830. The van der Waals surface area contributed by atoms with E-state index in [2.05, 4.69) is 20.7 Å². The van der Waals surface area contributed by atoms with Gasteiger partial charge < -0.3 is 10.1 Å². The molecule has 2 aromatic rings. The van der Waals surface area contributed by atoms with E-state index in [1.807, 2.05) is 6.07 Å². The largest absolute Gasteiger partial charge is 0.480 e. The Labute approximate surface area is 162 Å². The summed E-state index contributed by atoms with van der Waals surface area (Å²) in [7, 11) is 1.79. The van der Waals surface area contributed by atoms with Gasteiger partial charge >= 0.3 is 0 Å². The minimum Gasteiger partial charge on any atom is -0.480 e. The SMILES string of the molecule is Cl.Cn1nc(C2CCNCC2)nc1NC(=O)C1Cc2cc(Cl)ccc2O1. The van der Waals surface area contributed by atoms with Crippen molar-refractivity contribution in [2.24, 2.45) is 7.05 Å². The molecule has 1 unspecified atom stereocenters. The molecule has 2 N–H and O–H groups in total. The third-order valence-corrected chi connectivity index (χ3v) is 4.94. The van der Waals surface area contributed by atoms with Gasteiger partial charge in [-0.25, -0.2) is 4.68 Å². The van der Waals surface area contributed by atoms with E-state index >= 15 is 0 Å². The third kappa shape index (κ3) is 3.79. The van der Waals surface area contributed by atoms with Gasteiger partial charge in [0.1, 0.15) is 5.75 Å². The topological polar surface area (TPSA) is 81.1 Å². The molecule has 1 saturated heterocycles. The van der Waals surface area contributed by atoms with Gasteiger partial charge in [-0.1, -0.05) is 11.6 Å². The second-order valence-electron chi connectivity index (χ2n) is 6.49. The lowest BCUT2D eigenvalue weighted by atomic mass is 9.98. The maximum absolute atomic E-state index is 12.5. The smallest absolute Gasteiger partial charge is 0.268 e. The fraction of sp³-hybridized carbons (Fsp3) is 0.471. The maximum Gasteiger partial charge on any atom is 0.268 e. The van der Waals surface area contributed by atoms with E-state index < -0.39 is 6.10 Å². The summed E-state index contributed by atoms with van der Waals surface area (Å²) in [4.78, 5) is 17.1. The van der Waals surface area contributed by atoms with Crippen LogP contribution in [0.4, 0.5) is 5.95 Å². The lowest BCUT2D eigenvalue weighted by Gasteiger charge is -2.19. The molecule has 1 aromatic carbocycles. The van der Waals surface area contributed by atoms with Crippen molar-refractivity contribution < 1.29 is 9.53 Å². The summed E-state index contributed by atoms with van der Waals surface area (Å²) in [6.07, 6.45) is 1.95. The number of ether oxygens (including phenoxy) is 1. The molecule has 2 aliphatic rings. The lowest BCUT2D eigenvalue weighted by Crippen LogP contribution is -2.32. The molecule has 7 nitrogen and oxygen atoms in total. The minimum atomic E-state index is -0.576. The highest BCUT2D eigenvalue weighted by Gasteiger charge is 2.30. The molecule has 3 heterocycles. The van der Waals surface area contributed by atoms with Crippen LogP contribution in [-0.4, -0.2) is 39.9 Å². The van der Waals surface area contributed by atoms with E-state index in [0.717, 1.165) is 37.3 Å². The van der Waals surface area contributed by atoms with Crippen molar-refractivity contribution >= 4 is 35.9 Å².